The number of aryl methyl sites for hydroxylation is 1. The molecule has 5 heteroatoms. The first-order valence-electron chi connectivity index (χ1n) is 11.7. The number of benzene rings is 1. The monoisotopic (exact) mass is 298 g/mol. The molecular weight excluding hydrogens is 266 g/mol. The number of carbonyl (C=O) groups excluding carboxylic acids is 1. The van der Waals surface area contributed by atoms with Crippen LogP contribution < -0.4 is 5.31 Å². The van der Waals surface area contributed by atoms with Gasteiger partial charge in [-0.25, -0.2) is 4.79 Å². The van der Waals surface area contributed by atoms with E-state index in [0.717, 1.165) is 4.98 Å². The fourth-order valence-electron chi connectivity index (χ4n) is 2.25. The molecule has 1 amide bonds. The van der Waals surface area contributed by atoms with Crippen LogP contribution >= 0.6 is 0 Å². The first kappa shape index (κ1) is 6.01. The molecule has 21 heavy (non-hydrogen) atoms. The lowest BCUT2D eigenvalue weighted by molar-refractivity contribution is 0.177. The van der Waals surface area contributed by atoms with Crippen molar-refractivity contribution in [1.29, 1.82) is 0 Å². The Morgan fingerprint density at radius 3 is 3.29 bits per heavy atom. The number of aromatic nitrogens is 1. The number of hydrogen-bond donors (Lipinski definition) is 2. The first-order valence-corrected chi connectivity index (χ1v) is 6.34. The third-order valence-electron chi connectivity index (χ3n) is 3.21. The Hall–Kier alpha value is -2.01. The van der Waals surface area contributed by atoms with Crippen molar-refractivity contribution in [2.75, 3.05) is 27.1 Å². The number of ether oxygens (including phenoxy) is 1. The van der Waals surface area contributed by atoms with E-state index in [1.54, 1.807) is 12.1 Å². The number of cyclic esters (lactones) is 1. The summed E-state index contributed by atoms with van der Waals surface area (Å²) in [6, 6.07) is 3.02. The van der Waals surface area contributed by atoms with Crippen molar-refractivity contribution in [2.45, 2.75) is 18.9 Å². The summed E-state index contributed by atoms with van der Waals surface area (Å²) in [4.78, 5) is 12.3. The van der Waals surface area contributed by atoms with Gasteiger partial charge in [-0.2, -0.15) is 0 Å². The largest absolute Gasteiger partial charge is 0.447 e. The van der Waals surface area contributed by atoms with E-state index in [2.05, 4.69) is 0 Å². The number of alkyl carbamates (subject to hydrolysis) is 1. The lowest BCUT2D eigenvalue weighted by Gasteiger charge is -2.09. The smallest absolute Gasteiger partial charge is 0.407 e. The van der Waals surface area contributed by atoms with E-state index in [0.29, 0.717) is 21.8 Å². The Morgan fingerprint density at radius 2 is 2.52 bits per heavy atom. The van der Waals surface area contributed by atoms with Gasteiger partial charge in [-0.1, -0.05) is 6.07 Å². The summed E-state index contributed by atoms with van der Waals surface area (Å²) >= 11 is 0. The molecule has 1 aromatic carbocycles. The molecule has 2 aromatic rings. The molecule has 5 nitrogen and oxygen atoms in total. The van der Waals surface area contributed by atoms with Crippen molar-refractivity contribution in [3.8, 4) is 0 Å². The molecule has 0 spiro atoms. The Bertz CT molecular complexity index is 1020. The topological polar surface area (TPSA) is 57.4 Å². The second-order valence-corrected chi connectivity index (χ2v) is 4.71. The van der Waals surface area contributed by atoms with E-state index < -0.39 is 39.0 Å². The summed E-state index contributed by atoms with van der Waals surface area (Å²) in [6.45, 7) is -9.58. The number of amides is 1. The second-order valence-electron chi connectivity index (χ2n) is 4.71. The Balaban J connectivity index is 1.99. The molecular formula is C16H21N3O2. The van der Waals surface area contributed by atoms with Gasteiger partial charge in [-0.05, 0) is 50.1 Å². The highest BCUT2D eigenvalue weighted by Crippen LogP contribution is 2.21. The van der Waals surface area contributed by atoms with Crippen LogP contribution in [0.25, 0.3) is 10.9 Å². The summed E-state index contributed by atoms with van der Waals surface area (Å²) < 4.78 is 90.2. The predicted molar refractivity (Wildman–Crippen MR) is 82.5 cm³/mol. The van der Waals surface area contributed by atoms with E-state index in [1.165, 1.54) is 12.3 Å². The number of rotatable bonds is 5. The van der Waals surface area contributed by atoms with Crippen LogP contribution in [0.5, 0.6) is 0 Å². The van der Waals surface area contributed by atoms with Crippen LogP contribution in [-0.4, -0.2) is 49.0 Å². The molecule has 1 atom stereocenters. The zero-order valence-electron chi connectivity index (χ0n) is 22.1. The predicted octanol–water partition coefficient (Wildman–Crippen LogP) is 1.92. The number of fused-ring (bicyclic) bond motifs is 1. The van der Waals surface area contributed by atoms with Crippen LogP contribution in [0.15, 0.2) is 24.4 Å². The Labute approximate surface area is 139 Å². The third kappa shape index (κ3) is 3.19. The normalized spacial score (nSPS) is 31.8. The zero-order valence-corrected chi connectivity index (χ0v) is 11.1. The van der Waals surface area contributed by atoms with Crippen molar-refractivity contribution in [3.63, 3.8) is 0 Å². The SMILES string of the molecule is [2H]N1C(=O)OC[C@]1([2H])Cc1ccc2c(c1)c(CC([2H])([2H])N(C([2H])([2H])[2H])C([2H])([2H])[2H])cn2[2H]. The van der Waals surface area contributed by atoms with Crippen LogP contribution in [0.1, 0.15) is 23.5 Å². The van der Waals surface area contributed by atoms with Crippen LogP contribution in [0.4, 0.5) is 4.79 Å². The van der Waals surface area contributed by atoms with Crippen LogP contribution in [-0.2, 0) is 17.6 Å². The maximum atomic E-state index is 11.5. The number of likely N-dealkylation sites (N-methyl/N-ethyl adjacent to an activating group) is 1. The number of carbonyl (C=O) groups is 1. The number of aromatic amines is 1. The number of nitrogens with one attached hydrogen (secondary N) is 2. The molecule has 1 saturated heterocycles. The van der Waals surface area contributed by atoms with Gasteiger partial charge in [-0.3, -0.25) is 0 Å². The molecule has 0 radical (unpaired) electrons. The minimum absolute atomic E-state index is 0.0790. The van der Waals surface area contributed by atoms with E-state index >= 15 is 0 Å². The van der Waals surface area contributed by atoms with Crippen molar-refractivity contribution in [2.24, 2.45) is 0 Å². The van der Waals surface area contributed by atoms with Gasteiger partial charge in [0.15, 0.2) is 2.82 Å². The second kappa shape index (κ2) is 5.77. The van der Waals surface area contributed by atoms with Gasteiger partial charge in [0.2, 0.25) is 0 Å². The molecule has 1 aliphatic rings. The van der Waals surface area contributed by atoms with Crippen molar-refractivity contribution >= 4 is 17.0 Å². The first-order chi connectivity index (χ1) is 14.5. The highest BCUT2D eigenvalue weighted by molar-refractivity contribution is 5.84. The Morgan fingerprint density at radius 1 is 1.62 bits per heavy atom. The molecule has 0 unspecified atom stereocenters. The molecule has 0 saturated carbocycles. The molecule has 0 aliphatic carbocycles. The lowest BCUT2D eigenvalue weighted by Crippen LogP contribution is -2.28. The molecule has 0 bridgehead atoms. The van der Waals surface area contributed by atoms with Gasteiger partial charge in [0.25, 0.3) is 0 Å². The van der Waals surface area contributed by atoms with Gasteiger partial charge in [0, 0.05) is 34.6 Å². The summed E-state index contributed by atoms with van der Waals surface area (Å²) in [5.41, 5.74) is 1.05. The number of hydrogen-bond acceptors (Lipinski definition) is 3. The van der Waals surface area contributed by atoms with Crippen LogP contribution in [0.2, 0.25) is 2.82 Å². The Kier molecular flexibility index (Phi) is 1.65. The highest BCUT2D eigenvalue weighted by Gasteiger charge is 2.22. The van der Waals surface area contributed by atoms with E-state index in [4.69, 9.17) is 19.9 Å². The fraction of sp³-hybridized carbons (Fsp3) is 0.438. The molecule has 112 valence electrons. The van der Waals surface area contributed by atoms with Crippen LogP contribution in [0.3, 0.4) is 0 Å². The maximum absolute atomic E-state index is 11.5. The van der Waals surface area contributed by atoms with E-state index in [-0.39, 0.29) is 23.5 Å². The summed E-state index contributed by atoms with van der Waals surface area (Å²) in [5, 5.41) is 0.791. The summed E-state index contributed by atoms with van der Waals surface area (Å²) in [5.74, 6) is 0. The minimum atomic E-state index is -3.23. The standard InChI is InChI=1S/C16H21N3O2/c1-19(2)6-5-12-9-17-15-4-3-11(8-14(12)15)7-13-10-21-16(20)18-13/h3-4,8-9,13,17H,5-7,10H2,1-2H3,(H,18,20)/t13-/m0/s1/i1D3,2D3,6D2,13D/hD2. The van der Waals surface area contributed by atoms with Gasteiger partial charge in [-0.15, -0.1) is 0 Å². The quantitative estimate of drug-likeness (QED) is 0.887. The fourth-order valence-corrected chi connectivity index (χ4v) is 2.25. The van der Waals surface area contributed by atoms with Crippen molar-refractivity contribution in [1.82, 2.24) is 15.2 Å². The highest BCUT2D eigenvalue weighted by atomic mass is 16.6. The zero-order chi connectivity index (χ0) is 24.3. The summed E-state index contributed by atoms with van der Waals surface area (Å²) in [7, 11) is 0. The van der Waals surface area contributed by atoms with Crippen molar-refractivity contribution in [3.05, 3.63) is 35.5 Å². The molecule has 3 rings (SSSR count). The lowest BCUT2D eigenvalue weighted by atomic mass is 10.0. The maximum Gasteiger partial charge on any atom is 0.407 e. The van der Waals surface area contributed by atoms with Gasteiger partial charge < -0.3 is 19.9 Å². The number of nitrogens with zero attached hydrogens (tertiary/aromatic N) is 1. The number of H-pyrrole nitrogens is 1. The molecule has 2 heterocycles. The molecule has 1 fully saturated rings. The van der Waals surface area contributed by atoms with Gasteiger partial charge in [0.1, 0.15) is 6.61 Å². The third-order valence-corrected chi connectivity index (χ3v) is 3.21. The van der Waals surface area contributed by atoms with Gasteiger partial charge in [0.05, 0.1) is 7.39 Å². The molecule has 1 aromatic heterocycles. The summed E-state index contributed by atoms with van der Waals surface area (Å²) in [6.07, 6.45) is -0.390. The average Bonchev–Trinajstić information content (AvgIpc) is 3.03. The molecule has 2 N–H and O–H groups in total. The van der Waals surface area contributed by atoms with E-state index in [9.17, 15) is 4.79 Å². The minimum Gasteiger partial charge on any atom is -0.447 e. The average molecular weight is 298 g/mol. The van der Waals surface area contributed by atoms with Crippen molar-refractivity contribution < 1.29 is 24.7 Å². The van der Waals surface area contributed by atoms with E-state index in [1.807, 2.05) is 0 Å². The molecule has 1 aliphatic heterocycles. The van der Waals surface area contributed by atoms with Gasteiger partial charge >= 0.3 is 6.09 Å². The van der Waals surface area contributed by atoms with Crippen LogP contribution in [0, 0.1) is 0 Å².